The zero-order valence-electron chi connectivity index (χ0n) is 7.24. The highest BCUT2D eigenvalue weighted by Gasteiger charge is 1.95. The standard InChI is InChI=1S/C10H16N2/c11-10(12)8-4-7-9-5-2-1-3-6-9/h1-3,5-6,10H,4,7-8,11-12H2. The monoisotopic (exact) mass is 164 g/mol. The van der Waals surface area contributed by atoms with Crippen molar-refractivity contribution in [1.29, 1.82) is 0 Å². The van der Waals surface area contributed by atoms with Gasteiger partial charge in [-0.3, -0.25) is 0 Å². The van der Waals surface area contributed by atoms with E-state index in [4.69, 9.17) is 11.5 Å². The third-order valence-electron chi connectivity index (χ3n) is 1.85. The molecule has 0 heterocycles. The summed E-state index contributed by atoms with van der Waals surface area (Å²) < 4.78 is 0. The van der Waals surface area contributed by atoms with Crippen molar-refractivity contribution in [2.75, 3.05) is 0 Å². The van der Waals surface area contributed by atoms with Gasteiger partial charge in [0.15, 0.2) is 0 Å². The third-order valence-corrected chi connectivity index (χ3v) is 1.85. The Labute approximate surface area is 73.6 Å². The second-order valence-electron chi connectivity index (χ2n) is 3.04. The van der Waals surface area contributed by atoms with Crippen LogP contribution in [0, 0.1) is 0 Å². The summed E-state index contributed by atoms with van der Waals surface area (Å²) in [6.07, 6.45) is 2.89. The average molecular weight is 164 g/mol. The van der Waals surface area contributed by atoms with Crippen molar-refractivity contribution in [2.45, 2.75) is 25.4 Å². The Morgan fingerprint density at radius 1 is 1.08 bits per heavy atom. The molecule has 0 atom stereocenters. The molecule has 1 rings (SSSR count). The first-order chi connectivity index (χ1) is 5.79. The molecular weight excluding hydrogens is 148 g/mol. The Hall–Kier alpha value is -0.860. The number of hydrogen-bond acceptors (Lipinski definition) is 2. The SMILES string of the molecule is NC(N)CCCc1ccccc1. The maximum absolute atomic E-state index is 5.43. The number of benzene rings is 1. The first-order valence-corrected chi connectivity index (χ1v) is 4.34. The molecule has 0 unspecified atom stereocenters. The second-order valence-corrected chi connectivity index (χ2v) is 3.04. The molecule has 1 aromatic carbocycles. The summed E-state index contributed by atoms with van der Waals surface area (Å²) in [6.45, 7) is 0. The molecule has 0 aliphatic carbocycles. The normalized spacial score (nSPS) is 10.6. The quantitative estimate of drug-likeness (QED) is 0.658. The molecule has 0 spiro atoms. The highest BCUT2D eigenvalue weighted by Crippen LogP contribution is 2.04. The molecule has 12 heavy (non-hydrogen) atoms. The maximum Gasteiger partial charge on any atom is 0.0520 e. The van der Waals surface area contributed by atoms with E-state index in [-0.39, 0.29) is 6.17 Å². The minimum atomic E-state index is -0.159. The summed E-state index contributed by atoms with van der Waals surface area (Å²) in [5.74, 6) is 0. The Morgan fingerprint density at radius 2 is 1.75 bits per heavy atom. The van der Waals surface area contributed by atoms with Crippen molar-refractivity contribution in [2.24, 2.45) is 11.5 Å². The van der Waals surface area contributed by atoms with Crippen LogP contribution in [0.25, 0.3) is 0 Å². The molecule has 0 aromatic heterocycles. The minimum Gasteiger partial charge on any atom is -0.316 e. The van der Waals surface area contributed by atoms with Crippen LogP contribution in [0.5, 0.6) is 0 Å². The summed E-state index contributed by atoms with van der Waals surface area (Å²) >= 11 is 0. The zero-order valence-corrected chi connectivity index (χ0v) is 7.24. The fraction of sp³-hybridized carbons (Fsp3) is 0.400. The Balaban J connectivity index is 2.25. The van der Waals surface area contributed by atoms with Crippen LogP contribution >= 0.6 is 0 Å². The molecular formula is C10H16N2. The van der Waals surface area contributed by atoms with Gasteiger partial charge in [0.05, 0.1) is 6.17 Å². The van der Waals surface area contributed by atoms with Crippen molar-refractivity contribution < 1.29 is 0 Å². The summed E-state index contributed by atoms with van der Waals surface area (Å²) in [6, 6.07) is 10.4. The summed E-state index contributed by atoms with van der Waals surface area (Å²) in [5, 5.41) is 0. The Bertz CT molecular complexity index is 206. The summed E-state index contributed by atoms with van der Waals surface area (Å²) in [7, 11) is 0. The van der Waals surface area contributed by atoms with Crippen LogP contribution in [0.4, 0.5) is 0 Å². The van der Waals surface area contributed by atoms with E-state index in [1.807, 2.05) is 6.07 Å². The van der Waals surface area contributed by atoms with E-state index in [1.54, 1.807) is 0 Å². The lowest BCUT2D eigenvalue weighted by Gasteiger charge is -2.04. The number of hydrogen-bond donors (Lipinski definition) is 2. The molecule has 0 saturated heterocycles. The van der Waals surface area contributed by atoms with E-state index in [9.17, 15) is 0 Å². The van der Waals surface area contributed by atoms with Crippen molar-refractivity contribution in [3.63, 3.8) is 0 Å². The minimum absolute atomic E-state index is 0.159. The molecule has 0 aliphatic heterocycles. The largest absolute Gasteiger partial charge is 0.316 e. The first-order valence-electron chi connectivity index (χ1n) is 4.34. The van der Waals surface area contributed by atoms with Gasteiger partial charge in [-0.05, 0) is 24.8 Å². The van der Waals surface area contributed by atoms with E-state index in [0.717, 1.165) is 19.3 Å². The molecule has 66 valence electrons. The molecule has 4 N–H and O–H groups in total. The lowest BCUT2D eigenvalue weighted by molar-refractivity contribution is 0.603. The van der Waals surface area contributed by atoms with Crippen LogP contribution in [0.15, 0.2) is 30.3 Å². The molecule has 0 amide bonds. The van der Waals surface area contributed by atoms with Gasteiger partial charge in [-0.25, -0.2) is 0 Å². The van der Waals surface area contributed by atoms with Crippen LogP contribution in [0.3, 0.4) is 0 Å². The molecule has 2 nitrogen and oxygen atoms in total. The first kappa shape index (κ1) is 9.23. The Morgan fingerprint density at radius 3 is 2.33 bits per heavy atom. The van der Waals surface area contributed by atoms with Crippen LogP contribution in [-0.4, -0.2) is 6.17 Å². The van der Waals surface area contributed by atoms with Gasteiger partial charge in [-0.1, -0.05) is 30.3 Å². The zero-order chi connectivity index (χ0) is 8.81. The molecule has 0 bridgehead atoms. The smallest absolute Gasteiger partial charge is 0.0520 e. The molecule has 2 heteroatoms. The molecule has 1 aromatic rings. The third kappa shape index (κ3) is 3.51. The van der Waals surface area contributed by atoms with E-state index in [0.29, 0.717) is 0 Å². The predicted molar refractivity (Wildman–Crippen MR) is 51.5 cm³/mol. The topological polar surface area (TPSA) is 52.0 Å². The van der Waals surface area contributed by atoms with Gasteiger partial charge in [0.25, 0.3) is 0 Å². The lowest BCUT2D eigenvalue weighted by atomic mass is 10.1. The van der Waals surface area contributed by atoms with E-state index >= 15 is 0 Å². The van der Waals surface area contributed by atoms with E-state index in [1.165, 1.54) is 5.56 Å². The number of nitrogens with two attached hydrogens (primary N) is 2. The second kappa shape index (κ2) is 4.91. The fourth-order valence-electron chi connectivity index (χ4n) is 1.19. The van der Waals surface area contributed by atoms with Crippen LogP contribution < -0.4 is 11.5 Å². The van der Waals surface area contributed by atoms with Crippen molar-refractivity contribution in [3.05, 3.63) is 35.9 Å². The Kier molecular flexibility index (Phi) is 3.77. The number of rotatable bonds is 4. The highest BCUT2D eigenvalue weighted by molar-refractivity contribution is 5.14. The van der Waals surface area contributed by atoms with Gasteiger partial charge >= 0.3 is 0 Å². The maximum atomic E-state index is 5.43. The summed E-state index contributed by atoms with van der Waals surface area (Å²) in [4.78, 5) is 0. The predicted octanol–water partition coefficient (Wildman–Crippen LogP) is 1.25. The van der Waals surface area contributed by atoms with Gasteiger partial charge in [0.1, 0.15) is 0 Å². The average Bonchev–Trinajstić information content (AvgIpc) is 2.05. The van der Waals surface area contributed by atoms with Crippen LogP contribution in [0.2, 0.25) is 0 Å². The van der Waals surface area contributed by atoms with Crippen LogP contribution in [0.1, 0.15) is 18.4 Å². The van der Waals surface area contributed by atoms with Gasteiger partial charge in [0, 0.05) is 0 Å². The lowest BCUT2D eigenvalue weighted by Crippen LogP contribution is -2.30. The molecule has 0 fully saturated rings. The summed E-state index contributed by atoms with van der Waals surface area (Å²) in [5.41, 5.74) is 12.2. The highest BCUT2D eigenvalue weighted by atomic mass is 14.8. The van der Waals surface area contributed by atoms with E-state index < -0.39 is 0 Å². The van der Waals surface area contributed by atoms with Crippen molar-refractivity contribution >= 4 is 0 Å². The van der Waals surface area contributed by atoms with Gasteiger partial charge in [-0.15, -0.1) is 0 Å². The molecule has 0 aliphatic rings. The van der Waals surface area contributed by atoms with Gasteiger partial charge in [0.2, 0.25) is 0 Å². The molecule has 0 radical (unpaired) electrons. The van der Waals surface area contributed by atoms with Gasteiger partial charge < -0.3 is 11.5 Å². The number of aryl methyl sites for hydroxylation is 1. The van der Waals surface area contributed by atoms with Crippen molar-refractivity contribution in [1.82, 2.24) is 0 Å². The van der Waals surface area contributed by atoms with Gasteiger partial charge in [-0.2, -0.15) is 0 Å². The van der Waals surface area contributed by atoms with Crippen molar-refractivity contribution in [3.8, 4) is 0 Å². The molecule has 0 saturated carbocycles. The van der Waals surface area contributed by atoms with Crippen LogP contribution in [-0.2, 0) is 6.42 Å². The fourth-order valence-corrected chi connectivity index (χ4v) is 1.19. The van der Waals surface area contributed by atoms with E-state index in [2.05, 4.69) is 24.3 Å².